The second kappa shape index (κ2) is 13.2. The number of ketones is 1. The summed E-state index contributed by atoms with van der Waals surface area (Å²) in [7, 11) is 1.47. The van der Waals surface area contributed by atoms with Gasteiger partial charge in [0.1, 0.15) is 18.2 Å². The minimum Gasteiger partial charge on any atom is -0.461 e. The third-order valence-electron chi connectivity index (χ3n) is 9.03. The van der Waals surface area contributed by atoms with E-state index in [2.05, 4.69) is 0 Å². The maximum Gasteiger partial charge on any atom is 0.329 e. The topological polar surface area (TPSA) is 143 Å². The highest BCUT2D eigenvalue weighted by Crippen LogP contribution is 2.36. The molecule has 2 heterocycles. The molecule has 0 aromatic rings. The summed E-state index contributed by atoms with van der Waals surface area (Å²) in [5, 5.41) is 31.8. The number of nitrogens with zero attached hydrogens (tertiary/aromatic N) is 1. The summed E-state index contributed by atoms with van der Waals surface area (Å²) in [6, 6.07) is -0.910. The first-order valence-corrected chi connectivity index (χ1v) is 14.3. The van der Waals surface area contributed by atoms with E-state index < -0.39 is 59.8 Å². The molecule has 1 aliphatic carbocycles. The number of amides is 1. The van der Waals surface area contributed by atoms with Crippen LogP contribution in [0.5, 0.6) is 0 Å². The number of aliphatic hydroxyl groups excluding tert-OH is 2. The minimum atomic E-state index is -2.20. The van der Waals surface area contributed by atoms with Gasteiger partial charge >= 0.3 is 5.97 Å². The quantitative estimate of drug-likeness (QED) is 0.295. The third-order valence-corrected chi connectivity index (χ3v) is 9.03. The Kier molecular flexibility index (Phi) is 10.7. The Hall–Kier alpha value is -1.59. The smallest absolute Gasteiger partial charge is 0.329 e. The molecule has 2 saturated heterocycles. The third kappa shape index (κ3) is 6.58. The van der Waals surface area contributed by atoms with E-state index in [0.29, 0.717) is 57.8 Å². The van der Waals surface area contributed by atoms with Crippen LogP contribution in [0.4, 0.5) is 0 Å². The molecule has 0 aromatic carbocycles. The summed E-state index contributed by atoms with van der Waals surface area (Å²) in [6.07, 6.45) is 2.42. The highest BCUT2D eigenvalue weighted by molar-refractivity contribution is 6.39. The molecule has 3 aliphatic rings. The predicted molar refractivity (Wildman–Crippen MR) is 138 cm³/mol. The van der Waals surface area contributed by atoms with Gasteiger partial charge in [-0.2, -0.15) is 0 Å². The van der Waals surface area contributed by atoms with Crippen LogP contribution >= 0.6 is 0 Å². The van der Waals surface area contributed by atoms with Crippen molar-refractivity contribution in [2.45, 2.75) is 128 Å². The zero-order valence-corrected chi connectivity index (χ0v) is 23.5. The van der Waals surface area contributed by atoms with Crippen LogP contribution in [0.25, 0.3) is 0 Å². The number of methoxy groups -OCH3 is 1. The van der Waals surface area contributed by atoms with E-state index in [9.17, 15) is 29.7 Å². The number of hydrogen-bond acceptors (Lipinski definition) is 9. The van der Waals surface area contributed by atoms with Gasteiger partial charge in [0, 0.05) is 19.6 Å². The summed E-state index contributed by atoms with van der Waals surface area (Å²) < 4.78 is 16.8. The van der Waals surface area contributed by atoms with Gasteiger partial charge in [-0.25, -0.2) is 4.79 Å². The van der Waals surface area contributed by atoms with Crippen LogP contribution in [0.15, 0.2) is 0 Å². The van der Waals surface area contributed by atoms with E-state index in [1.165, 1.54) is 12.0 Å². The highest BCUT2D eigenvalue weighted by atomic mass is 16.6. The average molecular weight is 542 g/mol. The minimum absolute atomic E-state index is 0.0936. The van der Waals surface area contributed by atoms with Gasteiger partial charge in [-0.1, -0.05) is 20.8 Å². The zero-order valence-electron chi connectivity index (χ0n) is 23.5. The zero-order chi connectivity index (χ0) is 28.2. The van der Waals surface area contributed by atoms with Crippen molar-refractivity contribution in [3.63, 3.8) is 0 Å². The lowest BCUT2D eigenvalue weighted by Gasteiger charge is -2.42. The van der Waals surface area contributed by atoms with Gasteiger partial charge in [0.25, 0.3) is 11.7 Å². The molecule has 10 unspecified atom stereocenters. The van der Waals surface area contributed by atoms with Crippen LogP contribution in [0, 0.1) is 17.8 Å². The first-order chi connectivity index (χ1) is 17.9. The van der Waals surface area contributed by atoms with Gasteiger partial charge in [-0.15, -0.1) is 0 Å². The summed E-state index contributed by atoms with van der Waals surface area (Å²) in [4.78, 5) is 41.1. The van der Waals surface area contributed by atoms with Crippen molar-refractivity contribution in [2.24, 2.45) is 17.8 Å². The van der Waals surface area contributed by atoms with Crippen molar-refractivity contribution in [1.82, 2.24) is 4.90 Å². The second-order valence-electron chi connectivity index (χ2n) is 11.6. The number of aliphatic hydroxyl groups is 3. The molecule has 0 radical (unpaired) electrons. The van der Waals surface area contributed by atoms with Crippen LogP contribution in [0.2, 0.25) is 0 Å². The lowest BCUT2D eigenvalue weighted by atomic mass is 9.77. The fourth-order valence-electron chi connectivity index (χ4n) is 6.15. The highest BCUT2D eigenvalue weighted by Gasteiger charge is 2.52. The fraction of sp³-hybridized carbons (Fsp3) is 0.893. The summed E-state index contributed by atoms with van der Waals surface area (Å²) in [5.74, 6) is -5.43. The SMILES string of the molecule is CCC1CCC(C)C(O)(C(=O)C(=O)N2CCCCC2C(=O)OC(C)C(C)CC2CCC(O)C(OC)C2O)O1. The maximum atomic E-state index is 13.3. The number of likely N-dealkylation sites (tertiary alicyclic amines) is 1. The largest absolute Gasteiger partial charge is 0.461 e. The van der Waals surface area contributed by atoms with Gasteiger partial charge < -0.3 is 34.4 Å². The molecule has 10 atom stereocenters. The average Bonchev–Trinajstić information content (AvgIpc) is 2.91. The number of rotatable bonds is 9. The van der Waals surface area contributed by atoms with E-state index in [1.807, 2.05) is 13.8 Å². The molecule has 0 aromatic heterocycles. The fourth-order valence-corrected chi connectivity index (χ4v) is 6.15. The van der Waals surface area contributed by atoms with Gasteiger partial charge in [-0.3, -0.25) is 9.59 Å². The number of piperidine rings is 1. The number of Topliss-reactive ketones (excluding diaryl/α,β-unsaturated/α-hetero) is 1. The van der Waals surface area contributed by atoms with E-state index in [0.717, 1.165) is 0 Å². The van der Waals surface area contributed by atoms with Crippen LogP contribution in [-0.2, 0) is 28.6 Å². The lowest BCUT2D eigenvalue weighted by molar-refractivity contribution is -0.263. The van der Waals surface area contributed by atoms with Crippen LogP contribution in [0.1, 0.15) is 85.5 Å². The van der Waals surface area contributed by atoms with Crippen molar-refractivity contribution in [3.8, 4) is 0 Å². The Bertz CT molecular complexity index is 837. The molecule has 218 valence electrons. The van der Waals surface area contributed by atoms with Crippen molar-refractivity contribution in [3.05, 3.63) is 0 Å². The molecule has 10 heteroatoms. The van der Waals surface area contributed by atoms with Gasteiger partial charge in [-0.05, 0) is 76.5 Å². The predicted octanol–water partition coefficient (Wildman–Crippen LogP) is 1.95. The number of esters is 1. The molecule has 3 N–H and O–H groups in total. The van der Waals surface area contributed by atoms with Crippen LogP contribution in [0.3, 0.4) is 0 Å². The molecule has 3 fully saturated rings. The summed E-state index contributed by atoms with van der Waals surface area (Å²) in [5.41, 5.74) is 0. The van der Waals surface area contributed by atoms with E-state index in [1.54, 1.807) is 13.8 Å². The molecule has 38 heavy (non-hydrogen) atoms. The van der Waals surface area contributed by atoms with Crippen molar-refractivity contribution < 1.29 is 43.9 Å². The molecule has 2 aliphatic heterocycles. The van der Waals surface area contributed by atoms with Gasteiger partial charge in [0.2, 0.25) is 5.79 Å². The second-order valence-corrected chi connectivity index (χ2v) is 11.6. The van der Waals surface area contributed by atoms with Crippen LogP contribution in [-0.4, -0.2) is 93.9 Å². The van der Waals surface area contributed by atoms with Crippen LogP contribution < -0.4 is 0 Å². The normalized spacial score (nSPS) is 37.8. The van der Waals surface area contributed by atoms with Gasteiger partial charge in [0.05, 0.1) is 18.3 Å². The summed E-state index contributed by atoms with van der Waals surface area (Å²) >= 11 is 0. The molecular weight excluding hydrogens is 494 g/mol. The molecule has 0 bridgehead atoms. The Morgan fingerprint density at radius 3 is 2.45 bits per heavy atom. The molecular formula is C28H47NO9. The van der Waals surface area contributed by atoms with E-state index in [-0.39, 0.29) is 24.5 Å². The Balaban J connectivity index is 1.63. The van der Waals surface area contributed by atoms with E-state index >= 15 is 0 Å². The van der Waals surface area contributed by atoms with Crippen molar-refractivity contribution >= 4 is 17.7 Å². The molecule has 0 spiro atoms. The molecule has 1 saturated carbocycles. The first kappa shape index (κ1) is 30.9. The number of carbonyl (C=O) groups excluding carboxylic acids is 3. The van der Waals surface area contributed by atoms with Crippen molar-refractivity contribution in [1.29, 1.82) is 0 Å². The van der Waals surface area contributed by atoms with Gasteiger partial charge in [0.15, 0.2) is 0 Å². The summed E-state index contributed by atoms with van der Waals surface area (Å²) in [6.45, 7) is 7.55. The monoisotopic (exact) mass is 541 g/mol. The van der Waals surface area contributed by atoms with Crippen molar-refractivity contribution in [2.75, 3.05) is 13.7 Å². The maximum absolute atomic E-state index is 13.3. The van der Waals surface area contributed by atoms with E-state index in [4.69, 9.17) is 14.2 Å². The molecule has 10 nitrogen and oxygen atoms in total. The Morgan fingerprint density at radius 2 is 1.79 bits per heavy atom. The lowest BCUT2D eigenvalue weighted by Crippen LogP contribution is -2.60. The Labute approximate surface area is 226 Å². The first-order valence-electron chi connectivity index (χ1n) is 14.3. The number of carbonyl (C=O) groups is 3. The molecule has 3 rings (SSSR count). The number of ether oxygens (including phenoxy) is 3. The standard InChI is InChI=1S/C28H47NO9/c1-6-20-12-10-17(3)28(35,38-20)25(32)26(33)29-14-8-7-9-21(29)27(34)37-18(4)16(2)15-19-11-13-22(30)24(36-5)23(19)31/h16-24,30-31,35H,6-15H2,1-5H3. The Morgan fingerprint density at radius 1 is 1.08 bits per heavy atom. The molecule has 1 amide bonds. The number of hydrogen-bond donors (Lipinski definition) is 3.